The number of aryl methyl sites for hydroxylation is 1. The van der Waals surface area contributed by atoms with Crippen LogP contribution in [-0.4, -0.2) is 29.3 Å². The first-order chi connectivity index (χ1) is 13.0. The molecule has 2 bridgehead atoms. The minimum atomic E-state index is -0.216. The van der Waals surface area contributed by atoms with E-state index in [1.165, 1.54) is 11.8 Å². The van der Waals surface area contributed by atoms with Crippen LogP contribution in [0, 0.1) is 35.5 Å². The second-order valence-electron chi connectivity index (χ2n) is 8.33. The third-order valence-electron chi connectivity index (χ3n) is 7.08. The summed E-state index contributed by atoms with van der Waals surface area (Å²) in [7, 11) is 0. The van der Waals surface area contributed by atoms with Crippen LogP contribution in [0.25, 0.3) is 0 Å². The van der Waals surface area contributed by atoms with Crippen molar-refractivity contribution < 1.29 is 14.4 Å². The molecular weight excluding hydrogens is 340 g/mol. The maximum absolute atomic E-state index is 13.2. The number of nitrogens with zero attached hydrogens (tertiary/aromatic N) is 2. The molecule has 1 aromatic carbocycles. The number of carbonyl (C=O) groups is 3. The van der Waals surface area contributed by atoms with E-state index in [1.807, 2.05) is 31.2 Å². The van der Waals surface area contributed by atoms with Crippen LogP contribution in [0.1, 0.15) is 25.8 Å². The average molecular weight is 364 g/mol. The van der Waals surface area contributed by atoms with Gasteiger partial charge in [-0.2, -0.15) is 0 Å². The molecule has 1 heterocycles. The number of imide groups is 1. The lowest BCUT2D eigenvalue weighted by molar-refractivity contribution is -0.140. The summed E-state index contributed by atoms with van der Waals surface area (Å²) in [6.07, 6.45) is 6.28. The number of carbonyl (C=O) groups excluding carboxylic acids is 3. The Kier molecular flexibility index (Phi) is 3.58. The molecule has 6 rings (SSSR count). The number of para-hydroxylation sites is 1. The zero-order chi connectivity index (χ0) is 18.9. The number of allylic oxidation sites excluding steroid dienone is 2. The van der Waals surface area contributed by atoms with Crippen LogP contribution < -0.4 is 4.90 Å². The van der Waals surface area contributed by atoms with Crippen LogP contribution in [0.3, 0.4) is 0 Å². The normalized spacial score (nSPS) is 35.3. The topological polar surface area (TPSA) is 57.7 Å². The van der Waals surface area contributed by atoms with Gasteiger partial charge in [-0.1, -0.05) is 37.3 Å². The molecule has 3 amide bonds. The molecule has 2 saturated carbocycles. The Morgan fingerprint density at radius 1 is 1.07 bits per heavy atom. The van der Waals surface area contributed by atoms with Crippen molar-refractivity contribution in [2.75, 3.05) is 11.6 Å². The molecule has 0 N–H and O–H groups in total. The Bertz CT molecular complexity index is 840. The van der Waals surface area contributed by atoms with E-state index in [0.717, 1.165) is 24.1 Å². The summed E-state index contributed by atoms with van der Waals surface area (Å²) in [5, 5.41) is 0. The summed E-state index contributed by atoms with van der Waals surface area (Å²) in [5.41, 5.74) is 1.82. The van der Waals surface area contributed by atoms with Crippen LogP contribution in [0.4, 0.5) is 5.69 Å². The predicted molar refractivity (Wildman–Crippen MR) is 100 cm³/mol. The molecule has 6 atom stereocenters. The lowest BCUT2D eigenvalue weighted by atomic mass is 9.63. The van der Waals surface area contributed by atoms with E-state index < -0.39 is 0 Å². The monoisotopic (exact) mass is 364 g/mol. The second kappa shape index (κ2) is 5.78. The highest BCUT2D eigenvalue weighted by Crippen LogP contribution is 2.65. The highest BCUT2D eigenvalue weighted by molar-refractivity contribution is 6.07. The zero-order valence-corrected chi connectivity index (χ0v) is 15.7. The van der Waals surface area contributed by atoms with Crippen molar-refractivity contribution in [1.29, 1.82) is 0 Å². The molecule has 5 nitrogen and oxygen atoms in total. The fourth-order valence-electron chi connectivity index (χ4n) is 5.72. The Labute approximate surface area is 159 Å². The van der Waals surface area contributed by atoms with Crippen LogP contribution in [0.5, 0.6) is 0 Å². The van der Waals surface area contributed by atoms with Gasteiger partial charge in [-0.3, -0.25) is 24.2 Å². The lowest BCUT2D eigenvalue weighted by Gasteiger charge is -2.37. The molecule has 0 aromatic heterocycles. The van der Waals surface area contributed by atoms with Crippen molar-refractivity contribution in [2.24, 2.45) is 35.5 Å². The molecule has 3 fully saturated rings. The first-order valence-electron chi connectivity index (χ1n) is 9.92. The molecule has 4 aliphatic carbocycles. The SMILES string of the molecule is CCc1ccccc1N(CN1C(=O)[C@H]2[C@@H]3C=C[C@H]([C@H]4C[C@H]34)[C@@H]2C1=O)C(C)=O. The maximum Gasteiger partial charge on any atom is 0.235 e. The number of benzene rings is 1. The number of hydrogen-bond donors (Lipinski definition) is 0. The molecule has 1 aromatic rings. The van der Waals surface area contributed by atoms with Crippen molar-refractivity contribution in [3.05, 3.63) is 42.0 Å². The minimum absolute atomic E-state index is 0.0196. The Balaban J connectivity index is 1.46. The van der Waals surface area contributed by atoms with Gasteiger partial charge in [0.1, 0.15) is 6.67 Å². The molecule has 0 spiro atoms. The van der Waals surface area contributed by atoms with Gasteiger partial charge in [0.25, 0.3) is 0 Å². The van der Waals surface area contributed by atoms with Crippen molar-refractivity contribution >= 4 is 23.4 Å². The Morgan fingerprint density at radius 2 is 1.67 bits per heavy atom. The minimum Gasteiger partial charge on any atom is -0.294 e. The molecule has 27 heavy (non-hydrogen) atoms. The van der Waals surface area contributed by atoms with Gasteiger partial charge in [-0.15, -0.1) is 0 Å². The summed E-state index contributed by atoms with van der Waals surface area (Å²) < 4.78 is 0. The van der Waals surface area contributed by atoms with Gasteiger partial charge in [0.2, 0.25) is 17.7 Å². The largest absolute Gasteiger partial charge is 0.294 e. The van der Waals surface area contributed by atoms with Crippen molar-refractivity contribution in [3.63, 3.8) is 0 Å². The number of hydrogen-bond acceptors (Lipinski definition) is 3. The van der Waals surface area contributed by atoms with E-state index in [1.54, 1.807) is 4.90 Å². The fraction of sp³-hybridized carbons (Fsp3) is 0.500. The molecule has 0 radical (unpaired) electrons. The predicted octanol–water partition coefficient (Wildman–Crippen LogP) is 2.61. The summed E-state index contributed by atoms with van der Waals surface area (Å²) in [4.78, 5) is 41.7. The Morgan fingerprint density at radius 3 is 2.22 bits per heavy atom. The van der Waals surface area contributed by atoms with E-state index in [4.69, 9.17) is 0 Å². The van der Waals surface area contributed by atoms with Gasteiger partial charge in [-0.05, 0) is 48.1 Å². The van der Waals surface area contributed by atoms with Crippen molar-refractivity contribution in [2.45, 2.75) is 26.7 Å². The third-order valence-corrected chi connectivity index (χ3v) is 7.08. The van der Waals surface area contributed by atoms with E-state index in [9.17, 15) is 14.4 Å². The summed E-state index contributed by atoms with van der Waals surface area (Å²) in [5.74, 6) is 0.823. The Hall–Kier alpha value is -2.43. The summed E-state index contributed by atoms with van der Waals surface area (Å²) in [6.45, 7) is 3.55. The van der Waals surface area contributed by atoms with Gasteiger partial charge in [-0.25, -0.2) is 0 Å². The highest BCUT2D eigenvalue weighted by atomic mass is 16.2. The van der Waals surface area contributed by atoms with Crippen LogP contribution in [-0.2, 0) is 20.8 Å². The van der Waals surface area contributed by atoms with E-state index in [-0.39, 0.29) is 48.1 Å². The van der Waals surface area contributed by atoms with Crippen LogP contribution in [0.2, 0.25) is 0 Å². The van der Waals surface area contributed by atoms with Crippen molar-refractivity contribution in [3.8, 4) is 0 Å². The van der Waals surface area contributed by atoms with Crippen LogP contribution in [0.15, 0.2) is 36.4 Å². The first-order valence-corrected chi connectivity index (χ1v) is 9.92. The van der Waals surface area contributed by atoms with Gasteiger partial charge in [0.05, 0.1) is 11.8 Å². The van der Waals surface area contributed by atoms with Crippen LogP contribution >= 0.6 is 0 Å². The van der Waals surface area contributed by atoms with E-state index in [2.05, 4.69) is 12.2 Å². The third kappa shape index (κ3) is 2.27. The lowest BCUT2D eigenvalue weighted by Crippen LogP contribution is -2.44. The molecule has 1 saturated heterocycles. The first kappa shape index (κ1) is 16.7. The number of rotatable bonds is 4. The van der Waals surface area contributed by atoms with Gasteiger partial charge in [0.15, 0.2) is 0 Å². The smallest absolute Gasteiger partial charge is 0.235 e. The van der Waals surface area contributed by atoms with E-state index >= 15 is 0 Å². The highest BCUT2D eigenvalue weighted by Gasteiger charge is 2.67. The van der Waals surface area contributed by atoms with Gasteiger partial charge in [0, 0.05) is 12.6 Å². The fourth-order valence-corrected chi connectivity index (χ4v) is 5.72. The van der Waals surface area contributed by atoms with Gasteiger partial charge < -0.3 is 0 Å². The maximum atomic E-state index is 13.2. The number of amides is 3. The summed E-state index contributed by atoms with van der Waals surface area (Å²) >= 11 is 0. The molecule has 140 valence electrons. The van der Waals surface area contributed by atoms with E-state index in [0.29, 0.717) is 11.8 Å². The molecular formula is C22H24N2O3. The second-order valence-corrected chi connectivity index (χ2v) is 8.33. The standard InChI is InChI=1S/C22H24N2O3/c1-3-13-6-4-5-7-18(13)23(12(2)25)11-24-21(26)19-14-8-9-15(17-10-16(14)17)20(19)22(24)27/h4-9,14-17,19-20H,3,10-11H2,1-2H3/t14-,15-,16-,17-,19+,20+/m1/s1. The quantitative estimate of drug-likeness (QED) is 0.610. The zero-order valence-electron chi connectivity index (χ0n) is 15.7. The van der Waals surface area contributed by atoms with Gasteiger partial charge >= 0.3 is 0 Å². The van der Waals surface area contributed by atoms with Crippen molar-refractivity contribution in [1.82, 2.24) is 4.90 Å². The average Bonchev–Trinajstić information content (AvgIpc) is 3.45. The summed E-state index contributed by atoms with van der Waals surface area (Å²) in [6, 6.07) is 7.70. The molecule has 5 heteroatoms. The molecule has 5 aliphatic rings. The molecule has 0 unspecified atom stereocenters. The number of likely N-dealkylation sites (tertiary alicyclic amines) is 1. The number of anilines is 1. The molecule has 1 aliphatic heterocycles.